The lowest BCUT2D eigenvalue weighted by Gasteiger charge is -2.34. The third-order valence-electron chi connectivity index (χ3n) is 5.47. The molecule has 7 nitrogen and oxygen atoms in total. The topological polar surface area (TPSA) is 81.9 Å². The molecule has 0 atom stereocenters. The molecule has 0 radical (unpaired) electrons. The first kappa shape index (κ1) is 23.2. The molecule has 8 heteroatoms. The van der Waals surface area contributed by atoms with E-state index in [2.05, 4.69) is 20.5 Å². The molecular weight excluding hydrogens is 409 g/mol. The van der Waals surface area contributed by atoms with Crippen LogP contribution < -0.4 is 25.0 Å². The maximum atomic E-state index is 14.2. The van der Waals surface area contributed by atoms with E-state index < -0.39 is 5.82 Å². The number of ether oxygens (including phenoxy) is 2. The Morgan fingerprint density at radius 2 is 1.84 bits per heavy atom. The second-order valence-electron chi connectivity index (χ2n) is 7.59. The Morgan fingerprint density at radius 3 is 2.41 bits per heavy atom. The largest absolute Gasteiger partial charge is 0.497 e. The molecule has 1 fully saturated rings. The highest BCUT2D eigenvalue weighted by Crippen LogP contribution is 2.30. The molecule has 3 rings (SSSR count). The zero-order chi connectivity index (χ0) is 22.9. The van der Waals surface area contributed by atoms with Gasteiger partial charge in [0.1, 0.15) is 17.3 Å². The van der Waals surface area contributed by atoms with Crippen LogP contribution in [0.2, 0.25) is 0 Å². The van der Waals surface area contributed by atoms with E-state index in [1.165, 1.54) is 6.07 Å². The van der Waals surface area contributed by atoms with E-state index in [-0.39, 0.29) is 12.6 Å². The zero-order valence-electron chi connectivity index (χ0n) is 18.8. The minimum atomic E-state index is -0.411. The number of hydrogen-bond donors (Lipinski definition) is 2. The summed E-state index contributed by atoms with van der Waals surface area (Å²) in [4.78, 5) is 6.86. The van der Waals surface area contributed by atoms with Crippen LogP contribution in [0, 0.1) is 17.1 Å². The fourth-order valence-corrected chi connectivity index (χ4v) is 3.68. The molecule has 2 aromatic carbocycles. The number of guanidine groups is 1. The maximum absolute atomic E-state index is 14.2. The highest BCUT2D eigenvalue weighted by molar-refractivity contribution is 5.80. The van der Waals surface area contributed by atoms with Crippen LogP contribution >= 0.6 is 0 Å². The summed E-state index contributed by atoms with van der Waals surface area (Å²) in [6, 6.07) is 12.6. The van der Waals surface area contributed by atoms with Crippen molar-refractivity contribution in [2.24, 2.45) is 4.99 Å². The van der Waals surface area contributed by atoms with Crippen molar-refractivity contribution in [3.63, 3.8) is 0 Å². The Hall–Kier alpha value is -3.47. The maximum Gasteiger partial charge on any atom is 0.191 e. The van der Waals surface area contributed by atoms with Crippen molar-refractivity contribution in [3.05, 3.63) is 53.3 Å². The van der Waals surface area contributed by atoms with Gasteiger partial charge in [-0.05, 0) is 31.9 Å². The van der Waals surface area contributed by atoms with Crippen LogP contribution in [0.3, 0.4) is 0 Å². The van der Waals surface area contributed by atoms with Crippen molar-refractivity contribution in [1.29, 1.82) is 5.26 Å². The van der Waals surface area contributed by atoms with Gasteiger partial charge < -0.3 is 25.0 Å². The van der Waals surface area contributed by atoms with Gasteiger partial charge in [0, 0.05) is 55.1 Å². The normalized spacial score (nSPS) is 14.6. The predicted molar refractivity (Wildman–Crippen MR) is 124 cm³/mol. The number of methoxy groups -OCH3 is 2. The molecule has 1 aliphatic heterocycles. The minimum absolute atomic E-state index is 0.204. The van der Waals surface area contributed by atoms with E-state index in [0.29, 0.717) is 23.6 Å². The van der Waals surface area contributed by atoms with E-state index in [1.807, 2.05) is 31.2 Å². The van der Waals surface area contributed by atoms with Crippen molar-refractivity contribution >= 4 is 11.6 Å². The standard InChI is InChI=1S/C24H30FN5O2/c1-4-27-24(28-16-18-6-5-17(15-26)11-23(18)25)29-19-7-9-30(10-8-19)20-12-21(31-2)14-22(13-20)32-3/h5-6,11-14,19H,4,7-10,16H2,1-3H3,(H2,27,28,29). The fourth-order valence-electron chi connectivity index (χ4n) is 3.68. The summed E-state index contributed by atoms with van der Waals surface area (Å²) in [6.45, 7) is 4.69. The van der Waals surface area contributed by atoms with Crippen LogP contribution in [-0.2, 0) is 6.54 Å². The van der Waals surface area contributed by atoms with Gasteiger partial charge in [0.15, 0.2) is 5.96 Å². The Balaban J connectivity index is 1.60. The summed E-state index contributed by atoms with van der Waals surface area (Å²) in [5.41, 5.74) is 1.85. The summed E-state index contributed by atoms with van der Waals surface area (Å²) in [5.74, 6) is 1.80. The molecule has 0 spiro atoms. The summed E-state index contributed by atoms with van der Waals surface area (Å²) >= 11 is 0. The first-order valence-corrected chi connectivity index (χ1v) is 10.8. The van der Waals surface area contributed by atoms with Gasteiger partial charge in [0.25, 0.3) is 0 Å². The SMILES string of the molecule is CCNC(=NCc1ccc(C#N)cc1F)NC1CCN(c2cc(OC)cc(OC)c2)CC1. The number of aliphatic imine (C=N–C) groups is 1. The number of anilines is 1. The van der Waals surface area contributed by atoms with Gasteiger partial charge in [-0.15, -0.1) is 0 Å². The van der Waals surface area contributed by atoms with Crippen LogP contribution in [-0.4, -0.2) is 45.9 Å². The third kappa shape index (κ3) is 6.03. The number of halogens is 1. The molecule has 0 bridgehead atoms. The summed E-state index contributed by atoms with van der Waals surface area (Å²) < 4.78 is 24.9. The Labute approximate surface area is 188 Å². The number of nitrogens with one attached hydrogen (secondary N) is 2. The highest BCUT2D eigenvalue weighted by Gasteiger charge is 2.21. The lowest BCUT2D eigenvalue weighted by molar-refractivity contribution is 0.393. The van der Waals surface area contributed by atoms with Gasteiger partial charge in [-0.25, -0.2) is 9.38 Å². The van der Waals surface area contributed by atoms with E-state index in [0.717, 1.165) is 43.1 Å². The Kier molecular flexibility index (Phi) is 8.14. The quantitative estimate of drug-likeness (QED) is 0.508. The van der Waals surface area contributed by atoms with Gasteiger partial charge in [-0.1, -0.05) is 6.07 Å². The van der Waals surface area contributed by atoms with E-state index in [1.54, 1.807) is 26.4 Å². The number of hydrogen-bond acceptors (Lipinski definition) is 5. The third-order valence-corrected chi connectivity index (χ3v) is 5.47. The average Bonchev–Trinajstić information content (AvgIpc) is 2.83. The first-order valence-electron chi connectivity index (χ1n) is 10.8. The van der Waals surface area contributed by atoms with Crippen LogP contribution in [0.25, 0.3) is 0 Å². The van der Waals surface area contributed by atoms with Gasteiger partial charge in [0.2, 0.25) is 0 Å². The number of piperidine rings is 1. The molecule has 1 saturated heterocycles. The molecule has 0 aromatic heterocycles. The second kappa shape index (κ2) is 11.2. The van der Waals surface area contributed by atoms with E-state index in [9.17, 15) is 4.39 Å². The molecule has 2 aromatic rings. The predicted octanol–water partition coefficient (Wildman–Crippen LogP) is 3.44. The lowest BCUT2D eigenvalue weighted by Crippen LogP contribution is -2.48. The number of rotatable bonds is 7. The average molecular weight is 440 g/mol. The van der Waals surface area contributed by atoms with Crippen molar-refractivity contribution in [2.45, 2.75) is 32.4 Å². The summed E-state index contributed by atoms with van der Waals surface area (Å²) in [7, 11) is 3.31. The lowest BCUT2D eigenvalue weighted by atomic mass is 10.0. The van der Waals surface area contributed by atoms with Crippen LogP contribution in [0.5, 0.6) is 11.5 Å². The van der Waals surface area contributed by atoms with Crippen molar-refractivity contribution in [2.75, 3.05) is 38.8 Å². The van der Waals surface area contributed by atoms with Gasteiger partial charge in [-0.3, -0.25) is 0 Å². The van der Waals surface area contributed by atoms with Crippen LogP contribution in [0.15, 0.2) is 41.4 Å². The van der Waals surface area contributed by atoms with Crippen molar-refractivity contribution < 1.29 is 13.9 Å². The van der Waals surface area contributed by atoms with Crippen LogP contribution in [0.1, 0.15) is 30.9 Å². The van der Waals surface area contributed by atoms with Crippen molar-refractivity contribution in [1.82, 2.24) is 10.6 Å². The molecular formula is C24H30FN5O2. The molecule has 0 amide bonds. The van der Waals surface area contributed by atoms with E-state index in [4.69, 9.17) is 14.7 Å². The van der Waals surface area contributed by atoms with Crippen LogP contribution in [0.4, 0.5) is 10.1 Å². The summed E-state index contributed by atoms with van der Waals surface area (Å²) in [5, 5.41) is 15.6. The van der Waals surface area contributed by atoms with Gasteiger partial charge in [-0.2, -0.15) is 5.26 Å². The molecule has 170 valence electrons. The van der Waals surface area contributed by atoms with Crippen molar-refractivity contribution in [3.8, 4) is 17.6 Å². The molecule has 0 unspecified atom stereocenters. The molecule has 1 aliphatic rings. The monoisotopic (exact) mass is 439 g/mol. The van der Waals surface area contributed by atoms with Gasteiger partial charge >= 0.3 is 0 Å². The Morgan fingerprint density at radius 1 is 1.16 bits per heavy atom. The molecule has 0 aliphatic carbocycles. The minimum Gasteiger partial charge on any atom is -0.497 e. The summed E-state index contributed by atoms with van der Waals surface area (Å²) in [6.07, 6.45) is 1.88. The fraction of sp³-hybridized carbons (Fsp3) is 0.417. The van der Waals surface area contributed by atoms with E-state index >= 15 is 0 Å². The molecule has 0 saturated carbocycles. The first-order chi connectivity index (χ1) is 15.6. The number of nitrogens with zero attached hydrogens (tertiary/aromatic N) is 3. The zero-order valence-corrected chi connectivity index (χ0v) is 18.8. The molecule has 1 heterocycles. The number of nitriles is 1. The number of benzene rings is 2. The molecule has 2 N–H and O–H groups in total. The molecule has 32 heavy (non-hydrogen) atoms. The van der Waals surface area contributed by atoms with Gasteiger partial charge in [0.05, 0.1) is 32.4 Å². The smallest absolute Gasteiger partial charge is 0.191 e. The Bertz CT molecular complexity index is 959. The second-order valence-corrected chi connectivity index (χ2v) is 7.59. The highest BCUT2D eigenvalue weighted by atomic mass is 19.1.